The van der Waals surface area contributed by atoms with E-state index in [1.165, 1.54) is 5.56 Å². The Labute approximate surface area is 113 Å². The molecule has 0 aromatic heterocycles. The van der Waals surface area contributed by atoms with Gasteiger partial charge in [-0.1, -0.05) is 12.1 Å². The first kappa shape index (κ1) is 12.4. The fourth-order valence-corrected chi connectivity index (χ4v) is 2.87. The maximum absolute atomic E-state index is 12.0. The van der Waals surface area contributed by atoms with Crippen molar-refractivity contribution in [2.75, 3.05) is 20.2 Å². The van der Waals surface area contributed by atoms with Crippen molar-refractivity contribution in [3.05, 3.63) is 29.8 Å². The van der Waals surface area contributed by atoms with E-state index in [1.807, 2.05) is 30.5 Å². The largest absolute Gasteiger partial charge is 0.497 e. The predicted octanol–water partition coefficient (Wildman–Crippen LogP) is 1.54. The summed E-state index contributed by atoms with van der Waals surface area (Å²) in [4.78, 5) is 18.6. The second kappa shape index (κ2) is 5.13. The lowest BCUT2D eigenvalue weighted by atomic mass is 9.90. The van der Waals surface area contributed by atoms with E-state index in [9.17, 15) is 4.79 Å². The molecule has 4 nitrogen and oxygen atoms in total. The molecule has 4 heteroatoms. The zero-order chi connectivity index (χ0) is 13.2. The summed E-state index contributed by atoms with van der Waals surface area (Å²) in [7, 11) is 1.66. The Bertz CT molecular complexity index is 495. The molecule has 2 aliphatic rings. The summed E-state index contributed by atoms with van der Waals surface area (Å²) >= 11 is 0. The number of nitrogens with zero attached hydrogens (tertiary/aromatic N) is 2. The van der Waals surface area contributed by atoms with Crippen LogP contribution in [-0.4, -0.2) is 43.1 Å². The van der Waals surface area contributed by atoms with Crippen LogP contribution in [-0.2, 0) is 11.3 Å². The fourth-order valence-electron chi connectivity index (χ4n) is 2.87. The molecule has 0 bridgehead atoms. The van der Waals surface area contributed by atoms with Gasteiger partial charge in [0.25, 0.3) is 0 Å². The lowest BCUT2D eigenvalue weighted by molar-refractivity contribution is -0.127. The van der Waals surface area contributed by atoms with Crippen LogP contribution in [0.25, 0.3) is 0 Å². The molecule has 1 saturated heterocycles. The number of Topliss-reactive ketones (excluding diaryl/α,β-unsaturated/α-hetero) is 1. The lowest BCUT2D eigenvalue weighted by Gasteiger charge is -2.32. The number of likely N-dealkylation sites (tertiary alicyclic amines) is 1. The third-order valence-corrected chi connectivity index (χ3v) is 3.92. The van der Waals surface area contributed by atoms with Gasteiger partial charge >= 0.3 is 0 Å². The van der Waals surface area contributed by atoms with Gasteiger partial charge in [-0.3, -0.25) is 14.7 Å². The minimum Gasteiger partial charge on any atom is -0.497 e. The van der Waals surface area contributed by atoms with Crippen molar-refractivity contribution < 1.29 is 9.53 Å². The van der Waals surface area contributed by atoms with Crippen molar-refractivity contribution in [2.45, 2.75) is 19.0 Å². The number of piperidine rings is 1. The minimum atomic E-state index is 0.145. The molecular weight excluding hydrogens is 240 g/mol. The van der Waals surface area contributed by atoms with Gasteiger partial charge in [0.15, 0.2) is 5.78 Å². The molecule has 0 saturated carbocycles. The van der Waals surface area contributed by atoms with Gasteiger partial charge in [-0.05, 0) is 30.3 Å². The molecule has 19 heavy (non-hydrogen) atoms. The highest BCUT2D eigenvalue weighted by molar-refractivity contribution is 5.88. The third kappa shape index (κ3) is 2.54. The van der Waals surface area contributed by atoms with Gasteiger partial charge in [0, 0.05) is 19.0 Å². The summed E-state index contributed by atoms with van der Waals surface area (Å²) in [6, 6.07) is 8.19. The standard InChI is InChI=1S/C15H18N2O2/c1-19-12-4-2-11(3-5-12)8-17-9-14-13(6-7-16-14)15(18)10-17/h2-5,7,13-14H,6,8-10H2,1H3. The molecule has 1 aromatic rings. The molecule has 0 N–H and O–H groups in total. The van der Waals surface area contributed by atoms with Crippen molar-refractivity contribution >= 4 is 12.0 Å². The van der Waals surface area contributed by atoms with Gasteiger partial charge in [0.1, 0.15) is 5.75 Å². The van der Waals surface area contributed by atoms with E-state index < -0.39 is 0 Å². The number of hydrogen-bond donors (Lipinski definition) is 0. The molecule has 100 valence electrons. The van der Waals surface area contributed by atoms with Crippen molar-refractivity contribution in [1.29, 1.82) is 0 Å². The van der Waals surface area contributed by atoms with Crippen molar-refractivity contribution in [2.24, 2.45) is 10.9 Å². The van der Waals surface area contributed by atoms with E-state index in [4.69, 9.17) is 4.74 Å². The van der Waals surface area contributed by atoms with Crippen LogP contribution in [0.1, 0.15) is 12.0 Å². The summed E-state index contributed by atoms with van der Waals surface area (Å²) in [6.45, 7) is 2.24. The molecule has 2 atom stereocenters. The first-order valence-corrected chi connectivity index (χ1v) is 6.66. The van der Waals surface area contributed by atoms with Crippen LogP contribution in [0.3, 0.4) is 0 Å². The summed E-state index contributed by atoms with van der Waals surface area (Å²) in [6.07, 6.45) is 2.74. The smallest absolute Gasteiger partial charge is 0.152 e. The molecule has 1 fully saturated rings. The Balaban J connectivity index is 1.66. The van der Waals surface area contributed by atoms with E-state index in [2.05, 4.69) is 9.89 Å². The monoisotopic (exact) mass is 258 g/mol. The summed E-state index contributed by atoms with van der Waals surface area (Å²) in [5, 5.41) is 0. The average molecular weight is 258 g/mol. The van der Waals surface area contributed by atoms with Crippen LogP contribution < -0.4 is 4.74 Å². The molecule has 0 aliphatic carbocycles. The van der Waals surface area contributed by atoms with Gasteiger partial charge in [0.05, 0.1) is 19.7 Å². The molecule has 1 aromatic carbocycles. The summed E-state index contributed by atoms with van der Waals surface area (Å²) in [5.74, 6) is 1.34. The summed E-state index contributed by atoms with van der Waals surface area (Å²) in [5.41, 5.74) is 1.20. The third-order valence-electron chi connectivity index (χ3n) is 3.92. The van der Waals surface area contributed by atoms with Crippen molar-refractivity contribution in [3.63, 3.8) is 0 Å². The molecular formula is C15H18N2O2. The highest BCUT2D eigenvalue weighted by Crippen LogP contribution is 2.25. The number of methoxy groups -OCH3 is 1. The number of benzene rings is 1. The second-order valence-corrected chi connectivity index (χ2v) is 5.23. The van der Waals surface area contributed by atoms with Crippen LogP contribution in [0.15, 0.2) is 29.3 Å². The number of carbonyl (C=O) groups is 1. The van der Waals surface area contributed by atoms with Crippen molar-refractivity contribution in [3.8, 4) is 5.75 Å². The van der Waals surface area contributed by atoms with Crippen LogP contribution in [0, 0.1) is 5.92 Å². The highest BCUT2D eigenvalue weighted by Gasteiger charge is 2.36. The van der Waals surface area contributed by atoms with Gasteiger partial charge < -0.3 is 4.74 Å². The topological polar surface area (TPSA) is 41.9 Å². The Morgan fingerprint density at radius 2 is 2.16 bits per heavy atom. The summed E-state index contributed by atoms with van der Waals surface area (Å²) < 4.78 is 5.15. The molecule has 0 spiro atoms. The Hall–Kier alpha value is -1.68. The number of hydrogen-bond acceptors (Lipinski definition) is 4. The highest BCUT2D eigenvalue weighted by atomic mass is 16.5. The lowest BCUT2D eigenvalue weighted by Crippen LogP contribution is -2.47. The zero-order valence-electron chi connectivity index (χ0n) is 11.1. The number of rotatable bonds is 3. The average Bonchev–Trinajstić information content (AvgIpc) is 2.88. The molecule has 2 heterocycles. The molecule has 2 unspecified atom stereocenters. The minimum absolute atomic E-state index is 0.145. The molecule has 3 rings (SSSR count). The maximum Gasteiger partial charge on any atom is 0.152 e. The first-order valence-electron chi connectivity index (χ1n) is 6.66. The van der Waals surface area contributed by atoms with Crippen molar-refractivity contribution in [1.82, 2.24) is 4.90 Å². The molecule has 0 radical (unpaired) electrons. The second-order valence-electron chi connectivity index (χ2n) is 5.23. The van der Waals surface area contributed by atoms with Crippen LogP contribution in [0.5, 0.6) is 5.75 Å². The van der Waals surface area contributed by atoms with Crippen LogP contribution in [0.2, 0.25) is 0 Å². The van der Waals surface area contributed by atoms with Crippen LogP contribution in [0.4, 0.5) is 0 Å². The Morgan fingerprint density at radius 1 is 1.37 bits per heavy atom. The zero-order valence-corrected chi connectivity index (χ0v) is 11.1. The maximum atomic E-state index is 12.0. The Kier molecular flexibility index (Phi) is 3.34. The molecule has 0 amide bonds. The number of aliphatic imine (C=N–C) groups is 1. The van der Waals surface area contributed by atoms with E-state index in [0.717, 1.165) is 25.3 Å². The number of carbonyl (C=O) groups excluding carboxylic acids is 1. The van der Waals surface area contributed by atoms with Gasteiger partial charge in [-0.25, -0.2) is 0 Å². The van der Waals surface area contributed by atoms with E-state index >= 15 is 0 Å². The van der Waals surface area contributed by atoms with Gasteiger partial charge in [-0.15, -0.1) is 0 Å². The SMILES string of the molecule is COc1ccc(CN2CC(=O)C3CC=NC3C2)cc1. The number of fused-ring (bicyclic) bond motifs is 1. The fraction of sp³-hybridized carbons (Fsp3) is 0.467. The Morgan fingerprint density at radius 3 is 2.89 bits per heavy atom. The quantitative estimate of drug-likeness (QED) is 0.826. The predicted molar refractivity (Wildman–Crippen MR) is 73.7 cm³/mol. The van der Waals surface area contributed by atoms with E-state index in [0.29, 0.717) is 12.3 Å². The molecule has 2 aliphatic heterocycles. The number of ketones is 1. The van der Waals surface area contributed by atoms with Gasteiger partial charge in [-0.2, -0.15) is 0 Å². The van der Waals surface area contributed by atoms with Gasteiger partial charge in [0.2, 0.25) is 0 Å². The number of ether oxygens (including phenoxy) is 1. The van der Waals surface area contributed by atoms with Crippen LogP contribution >= 0.6 is 0 Å². The van der Waals surface area contributed by atoms with E-state index in [-0.39, 0.29) is 12.0 Å². The normalized spacial score (nSPS) is 26.5. The van der Waals surface area contributed by atoms with E-state index in [1.54, 1.807) is 7.11 Å². The first-order chi connectivity index (χ1) is 9.26.